The molecule has 1 aromatic carbocycles. The average molecular weight is 311 g/mol. The largest absolute Gasteiger partial charge is 0.478 e. The topological polar surface area (TPSA) is 87.5 Å². The predicted octanol–water partition coefficient (Wildman–Crippen LogP) is 2.62. The first-order valence-corrected chi connectivity index (χ1v) is 7.24. The van der Waals surface area contributed by atoms with Crippen LogP contribution < -0.4 is 5.56 Å². The number of nitrogens with one attached hydrogen (secondary N) is 1. The highest BCUT2D eigenvalue weighted by atomic mass is 16.4. The molecule has 3 aromatic rings. The maximum absolute atomic E-state index is 12.4. The van der Waals surface area contributed by atoms with Crippen molar-refractivity contribution in [1.82, 2.24) is 14.6 Å². The Kier molecular flexibility index (Phi) is 3.32. The number of carboxylic acids is 1. The van der Waals surface area contributed by atoms with E-state index in [1.807, 2.05) is 32.0 Å². The van der Waals surface area contributed by atoms with Crippen molar-refractivity contribution in [1.29, 1.82) is 0 Å². The minimum absolute atomic E-state index is 0.125. The SMILES string of the molecule is Cc1ccc(-c2nn3c(C)c(C(=O)O)c(C)c3c(=O)[nH]2)cc1C. The second-order valence-electron chi connectivity index (χ2n) is 5.75. The Morgan fingerprint density at radius 3 is 2.48 bits per heavy atom. The molecule has 0 fully saturated rings. The van der Waals surface area contributed by atoms with Crippen molar-refractivity contribution in [3.05, 3.63) is 56.5 Å². The molecule has 6 heteroatoms. The van der Waals surface area contributed by atoms with Crippen LogP contribution in [-0.4, -0.2) is 25.7 Å². The van der Waals surface area contributed by atoms with Gasteiger partial charge in [0.1, 0.15) is 5.52 Å². The summed E-state index contributed by atoms with van der Waals surface area (Å²) >= 11 is 0. The molecule has 23 heavy (non-hydrogen) atoms. The number of benzene rings is 1. The van der Waals surface area contributed by atoms with Crippen molar-refractivity contribution in [3.63, 3.8) is 0 Å². The zero-order valence-electron chi connectivity index (χ0n) is 13.4. The Balaban J connectivity index is 2.34. The number of hydrogen-bond acceptors (Lipinski definition) is 3. The van der Waals surface area contributed by atoms with Crippen LogP contribution >= 0.6 is 0 Å². The van der Waals surface area contributed by atoms with Crippen LogP contribution in [0.1, 0.15) is 32.7 Å². The van der Waals surface area contributed by atoms with Gasteiger partial charge in [-0.3, -0.25) is 4.79 Å². The van der Waals surface area contributed by atoms with Gasteiger partial charge in [-0.2, -0.15) is 0 Å². The molecule has 118 valence electrons. The lowest BCUT2D eigenvalue weighted by Crippen LogP contribution is -2.15. The number of aryl methyl sites for hydroxylation is 4. The van der Waals surface area contributed by atoms with Crippen LogP contribution in [0.4, 0.5) is 0 Å². The van der Waals surface area contributed by atoms with E-state index in [0.29, 0.717) is 17.1 Å². The normalized spacial score (nSPS) is 11.1. The third-order valence-electron chi connectivity index (χ3n) is 4.26. The van der Waals surface area contributed by atoms with Crippen molar-refractivity contribution >= 4 is 11.5 Å². The first-order valence-electron chi connectivity index (χ1n) is 7.24. The Labute approximate surface area is 132 Å². The van der Waals surface area contributed by atoms with Gasteiger partial charge in [0, 0.05) is 5.56 Å². The molecule has 0 saturated carbocycles. The van der Waals surface area contributed by atoms with Gasteiger partial charge < -0.3 is 10.1 Å². The molecule has 0 radical (unpaired) electrons. The van der Waals surface area contributed by atoms with E-state index in [2.05, 4.69) is 10.1 Å². The number of aromatic nitrogens is 3. The molecule has 2 heterocycles. The highest BCUT2D eigenvalue weighted by molar-refractivity contribution is 5.93. The molecular formula is C17H17N3O3. The zero-order chi connectivity index (χ0) is 16.9. The molecule has 0 saturated heterocycles. The lowest BCUT2D eigenvalue weighted by molar-refractivity contribution is 0.0695. The van der Waals surface area contributed by atoms with Crippen molar-refractivity contribution in [2.24, 2.45) is 0 Å². The van der Waals surface area contributed by atoms with Crippen molar-refractivity contribution in [2.45, 2.75) is 27.7 Å². The summed E-state index contributed by atoms with van der Waals surface area (Å²) in [6.07, 6.45) is 0. The Morgan fingerprint density at radius 2 is 1.87 bits per heavy atom. The maximum Gasteiger partial charge on any atom is 0.337 e. The van der Waals surface area contributed by atoms with Crippen LogP contribution in [0, 0.1) is 27.7 Å². The molecule has 0 amide bonds. The highest BCUT2D eigenvalue weighted by Gasteiger charge is 2.21. The first-order chi connectivity index (χ1) is 10.8. The molecule has 0 aliphatic heterocycles. The van der Waals surface area contributed by atoms with Crippen LogP contribution in [0.15, 0.2) is 23.0 Å². The summed E-state index contributed by atoms with van der Waals surface area (Å²) < 4.78 is 1.42. The fraction of sp³-hybridized carbons (Fsp3) is 0.235. The van der Waals surface area contributed by atoms with Crippen LogP contribution in [0.2, 0.25) is 0 Å². The summed E-state index contributed by atoms with van der Waals surface area (Å²) in [5, 5.41) is 13.8. The van der Waals surface area contributed by atoms with E-state index in [4.69, 9.17) is 0 Å². The second-order valence-corrected chi connectivity index (χ2v) is 5.75. The minimum atomic E-state index is -1.06. The lowest BCUT2D eigenvalue weighted by atomic mass is 10.1. The second kappa shape index (κ2) is 5.08. The summed E-state index contributed by atoms with van der Waals surface area (Å²) in [6, 6.07) is 5.80. The number of nitrogens with zero attached hydrogens (tertiary/aromatic N) is 2. The fourth-order valence-electron chi connectivity index (χ4n) is 2.84. The van der Waals surface area contributed by atoms with E-state index in [1.54, 1.807) is 13.8 Å². The molecular weight excluding hydrogens is 294 g/mol. The Morgan fingerprint density at radius 1 is 1.17 bits per heavy atom. The van der Waals surface area contributed by atoms with Crippen molar-refractivity contribution in [2.75, 3.05) is 0 Å². The van der Waals surface area contributed by atoms with Gasteiger partial charge >= 0.3 is 5.97 Å². The van der Waals surface area contributed by atoms with E-state index in [1.165, 1.54) is 4.52 Å². The summed E-state index contributed by atoms with van der Waals surface area (Å²) in [4.78, 5) is 26.6. The fourth-order valence-corrected chi connectivity index (χ4v) is 2.84. The van der Waals surface area contributed by atoms with Crippen LogP contribution in [0.3, 0.4) is 0 Å². The zero-order valence-corrected chi connectivity index (χ0v) is 13.4. The quantitative estimate of drug-likeness (QED) is 0.761. The molecule has 0 atom stereocenters. The minimum Gasteiger partial charge on any atom is -0.478 e. The molecule has 0 spiro atoms. The lowest BCUT2D eigenvalue weighted by Gasteiger charge is -2.06. The summed E-state index contributed by atoms with van der Waals surface area (Å²) in [6.45, 7) is 7.28. The van der Waals surface area contributed by atoms with Gasteiger partial charge in [-0.25, -0.2) is 9.31 Å². The summed E-state index contributed by atoms with van der Waals surface area (Å²) in [7, 11) is 0. The Bertz CT molecular complexity index is 1010. The number of aromatic carboxylic acids is 1. The van der Waals surface area contributed by atoms with Gasteiger partial charge in [-0.05, 0) is 50.5 Å². The van der Waals surface area contributed by atoms with E-state index in [9.17, 15) is 14.7 Å². The molecule has 2 N–H and O–H groups in total. The van der Waals surface area contributed by atoms with Crippen molar-refractivity contribution in [3.8, 4) is 11.4 Å². The first kappa shape index (κ1) is 15.0. The molecule has 0 aliphatic rings. The molecule has 0 aliphatic carbocycles. The van der Waals surface area contributed by atoms with Gasteiger partial charge in [-0.15, -0.1) is 5.10 Å². The predicted molar refractivity (Wildman–Crippen MR) is 87.2 cm³/mol. The van der Waals surface area contributed by atoms with E-state index >= 15 is 0 Å². The molecule has 3 rings (SSSR count). The van der Waals surface area contributed by atoms with Crippen LogP contribution in [0.25, 0.3) is 16.9 Å². The number of aromatic amines is 1. The third-order valence-corrected chi connectivity index (χ3v) is 4.26. The number of carboxylic acid groups (broad SMARTS) is 1. The third kappa shape index (κ3) is 2.23. The number of fused-ring (bicyclic) bond motifs is 1. The van der Waals surface area contributed by atoms with Crippen LogP contribution in [0.5, 0.6) is 0 Å². The van der Waals surface area contributed by atoms with E-state index in [-0.39, 0.29) is 16.6 Å². The van der Waals surface area contributed by atoms with Gasteiger partial charge in [0.2, 0.25) is 0 Å². The average Bonchev–Trinajstić information content (AvgIpc) is 2.73. The van der Waals surface area contributed by atoms with E-state index in [0.717, 1.165) is 16.7 Å². The molecule has 2 aromatic heterocycles. The van der Waals surface area contributed by atoms with Gasteiger partial charge in [-0.1, -0.05) is 12.1 Å². The number of rotatable bonds is 2. The number of carbonyl (C=O) groups is 1. The van der Waals surface area contributed by atoms with Gasteiger partial charge in [0.15, 0.2) is 5.82 Å². The molecule has 0 unspecified atom stereocenters. The molecule has 0 bridgehead atoms. The maximum atomic E-state index is 12.4. The Hall–Kier alpha value is -2.89. The van der Waals surface area contributed by atoms with E-state index < -0.39 is 5.97 Å². The van der Waals surface area contributed by atoms with Crippen LogP contribution in [-0.2, 0) is 0 Å². The number of H-pyrrole nitrogens is 1. The monoisotopic (exact) mass is 311 g/mol. The summed E-state index contributed by atoms with van der Waals surface area (Å²) in [5.41, 5.74) is 3.95. The highest BCUT2D eigenvalue weighted by Crippen LogP contribution is 2.22. The van der Waals surface area contributed by atoms with Gasteiger partial charge in [0.25, 0.3) is 5.56 Å². The standard InChI is InChI=1S/C17H17N3O3/c1-8-5-6-12(7-9(8)2)15-18-16(21)14-10(3)13(17(22)23)11(4)20(14)19-15/h5-7H,1-4H3,(H,22,23)(H,18,19,21). The molecule has 6 nitrogen and oxygen atoms in total. The smallest absolute Gasteiger partial charge is 0.337 e. The van der Waals surface area contributed by atoms with Gasteiger partial charge in [0.05, 0.1) is 11.3 Å². The van der Waals surface area contributed by atoms with Crippen molar-refractivity contribution < 1.29 is 9.90 Å². The number of hydrogen-bond donors (Lipinski definition) is 2. The summed E-state index contributed by atoms with van der Waals surface area (Å²) in [5.74, 6) is -0.640.